The third-order valence-electron chi connectivity index (χ3n) is 3.06. The summed E-state index contributed by atoms with van der Waals surface area (Å²) in [5, 5.41) is 8.19. The van der Waals surface area contributed by atoms with Crippen molar-refractivity contribution >= 4 is 17.6 Å². The molecule has 0 aliphatic heterocycles. The van der Waals surface area contributed by atoms with Gasteiger partial charge in [0.1, 0.15) is 5.15 Å². The predicted molar refractivity (Wildman–Crippen MR) is 82.8 cm³/mol. The molecular weight excluding hydrogens is 318 g/mol. The predicted octanol–water partition coefficient (Wildman–Crippen LogP) is 3.70. The third-order valence-corrected chi connectivity index (χ3v) is 3.28. The van der Waals surface area contributed by atoms with Crippen LogP contribution < -0.4 is 0 Å². The number of hydrogen-bond acceptors (Lipinski definition) is 6. The molecule has 0 unspecified atom stereocenters. The molecule has 7 heteroatoms. The van der Waals surface area contributed by atoms with E-state index in [1.807, 2.05) is 30.3 Å². The molecule has 0 radical (unpaired) electrons. The Bertz CT molecular complexity index is 803. The van der Waals surface area contributed by atoms with Gasteiger partial charge in [0.2, 0.25) is 5.89 Å². The van der Waals surface area contributed by atoms with Gasteiger partial charge in [0.15, 0.2) is 6.10 Å². The number of ether oxygens (including phenoxy) is 1. The van der Waals surface area contributed by atoms with Gasteiger partial charge in [-0.1, -0.05) is 29.8 Å². The van der Waals surface area contributed by atoms with E-state index in [-0.39, 0.29) is 5.89 Å². The van der Waals surface area contributed by atoms with Gasteiger partial charge in [-0.05, 0) is 31.2 Å². The molecule has 0 amide bonds. The molecule has 0 saturated carbocycles. The summed E-state index contributed by atoms with van der Waals surface area (Å²) in [6, 6.07) is 12.4. The molecular formula is C16H12ClN3O3. The number of aromatic nitrogens is 3. The van der Waals surface area contributed by atoms with Crippen LogP contribution in [0.4, 0.5) is 0 Å². The summed E-state index contributed by atoms with van der Waals surface area (Å²) in [4.78, 5) is 15.9. The Hall–Kier alpha value is -2.73. The largest absolute Gasteiger partial charge is 0.449 e. The molecule has 0 bridgehead atoms. The molecule has 2 aromatic heterocycles. The Morgan fingerprint density at radius 1 is 1.17 bits per heavy atom. The highest BCUT2D eigenvalue weighted by Crippen LogP contribution is 2.22. The highest BCUT2D eigenvalue weighted by molar-refractivity contribution is 6.29. The molecule has 23 heavy (non-hydrogen) atoms. The number of nitrogens with zero attached hydrogens (tertiary/aromatic N) is 3. The second-order valence-electron chi connectivity index (χ2n) is 4.73. The maximum atomic E-state index is 12.0. The lowest BCUT2D eigenvalue weighted by Crippen LogP contribution is -2.09. The fraction of sp³-hybridized carbons (Fsp3) is 0.125. The number of esters is 1. The lowest BCUT2D eigenvalue weighted by molar-refractivity contribution is 0.0279. The Balaban J connectivity index is 1.71. The third kappa shape index (κ3) is 3.54. The van der Waals surface area contributed by atoms with Gasteiger partial charge in [0, 0.05) is 11.8 Å². The van der Waals surface area contributed by atoms with Gasteiger partial charge in [-0.15, -0.1) is 10.2 Å². The summed E-state index contributed by atoms with van der Waals surface area (Å²) >= 11 is 5.68. The molecule has 3 aromatic rings. The summed E-state index contributed by atoms with van der Waals surface area (Å²) in [5.74, 6) is 0.0527. The van der Waals surface area contributed by atoms with E-state index in [2.05, 4.69) is 15.2 Å². The van der Waals surface area contributed by atoms with Gasteiger partial charge in [-0.25, -0.2) is 9.78 Å². The van der Waals surface area contributed by atoms with Crippen LogP contribution in [0, 0.1) is 0 Å². The molecule has 0 aliphatic rings. The topological polar surface area (TPSA) is 78.1 Å². The molecule has 0 saturated heterocycles. The van der Waals surface area contributed by atoms with Crippen molar-refractivity contribution in [3.05, 3.63) is 65.3 Å². The number of benzene rings is 1. The van der Waals surface area contributed by atoms with Crippen molar-refractivity contribution in [2.75, 3.05) is 0 Å². The number of hydrogen-bond donors (Lipinski definition) is 0. The van der Waals surface area contributed by atoms with Crippen LogP contribution in [-0.2, 0) is 4.74 Å². The second kappa shape index (κ2) is 6.58. The number of carbonyl (C=O) groups excluding carboxylic acids is 1. The normalized spacial score (nSPS) is 11.9. The van der Waals surface area contributed by atoms with Crippen molar-refractivity contribution < 1.29 is 13.9 Å². The van der Waals surface area contributed by atoms with E-state index >= 15 is 0 Å². The molecule has 1 aromatic carbocycles. The van der Waals surface area contributed by atoms with Crippen LogP contribution in [0.25, 0.3) is 11.5 Å². The van der Waals surface area contributed by atoms with Gasteiger partial charge >= 0.3 is 5.97 Å². The zero-order valence-electron chi connectivity index (χ0n) is 12.1. The first-order valence-electron chi connectivity index (χ1n) is 6.85. The van der Waals surface area contributed by atoms with Gasteiger partial charge in [0.25, 0.3) is 5.89 Å². The molecule has 116 valence electrons. The molecule has 2 heterocycles. The van der Waals surface area contributed by atoms with Crippen molar-refractivity contribution in [3.63, 3.8) is 0 Å². The number of carbonyl (C=O) groups is 1. The van der Waals surface area contributed by atoms with E-state index in [0.717, 1.165) is 5.56 Å². The molecule has 6 nitrogen and oxygen atoms in total. The average molecular weight is 330 g/mol. The van der Waals surface area contributed by atoms with Crippen molar-refractivity contribution in [2.45, 2.75) is 13.0 Å². The van der Waals surface area contributed by atoms with Crippen molar-refractivity contribution in [1.29, 1.82) is 0 Å². The summed E-state index contributed by atoms with van der Waals surface area (Å²) in [6.07, 6.45) is 0.670. The van der Waals surface area contributed by atoms with Crippen LogP contribution in [0.3, 0.4) is 0 Å². The van der Waals surface area contributed by atoms with Crippen LogP contribution in [0.1, 0.15) is 29.3 Å². The van der Waals surface area contributed by atoms with Crippen molar-refractivity contribution in [2.24, 2.45) is 0 Å². The minimum atomic E-state index is -0.678. The van der Waals surface area contributed by atoms with Gasteiger partial charge in [-0.3, -0.25) is 0 Å². The van der Waals surface area contributed by atoms with Gasteiger partial charge in [-0.2, -0.15) is 0 Å². The van der Waals surface area contributed by atoms with Gasteiger partial charge in [0.05, 0.1) is 5.56 Å². The SMILES string of the molecule is C[C@@H](OC(=O)c1ccc(Cl)nc1)c1nnc(-c2ccccc2)o1. The average Bonchev–Trinajstić information content (AvgIpc) is 3.06. The summed E-state index contributed by atoms with van der Waals surface area (Å²) < 4.78 is 10.8. The van der Waals surface area contributed by atoms with Crippen LogP contribution in [0.2, 0.25) is 5.15 Å². The van der Waals surface area contributed by atoms with Crippen LogP contribution in [-0.4, -0.2) is 21.2 Å². The minimum Gasteiger partial charge on any atom is -0.449 e. The monoisotopic (exact) mass is 329 g/mol. The van der Waals surface area contributed by atoms with Crippen LogP contribution in [0.15, 0.2) is 53.1 Å². The lowest BCUT2D eigenvalue weighted by atomic mass is 10.2. The molecule has 0 fully saturated rings. The zero-order valence-corrected chi connectivity index (χ0v) is 12.9. The summed E-state index contributed by atoms with van der Waals surface area (Å²) in [5.41, 5.74) is 1.09. The maximum absolute atomic E-state index is 12.0. The van der Waals surface area contributed by atoms with Gasteiger partial charge < -0.3 is 9.15 Å². The standard InChI is InChI=1S/C16H12ClN3O3/c1-10(22-16(21)12-7-8-13(17)18-9-12)14-19-20-15(23-14)11-5-3-2-4-6-11/h2-10H,1H3/t10-/m1/s1. The Kier molecular flexibility index (Phi) is 4.34. The minimum absolute atomic E-state index is 0.221. The Morgan fingerprint density at radius 2 is 1.96 bits per heavy atom. The van der Waals surface area contributed by atoms with E-state index in [1.165, 1.54) is 18.3 Å². The first-order chi connectivity index (χ1) is 11.1. The Morgan fingerprint density at radius 3 is 2.65 bits per heavy atom. The highest BCUT2D eigenvalue weighted by Gasteiger charge is 2.20. The van der Waals surface area contributed by atoms with E-state index in [9.17, 15) is 4.79 Å². The van der Waals surface area contributed by atoms with Crippen molar-refractivity contribution in [1.82, 2.24) is 15.2 Å². The second-order valence-corrected chi connectivity index (χ2v) is 5.12. The van der Waals surface area contributed by atoms with Crippen LogP contribution >= 0.6 is 11.6 Å². The summed E-state index contributed by atoms with van der Waals surface area (Å²) in [6.45, 7) is 1.66. The van der Waals surface area contributed by atoms with Crippen molar-refractivity contribution in [3.8, 4) is 11.5 Å². The first-order valence-corrected chi connectivity index (χ1v) is 7.22. The zero-order chi connectivity index (χ0) is 16.2. The van der Waals surface area contributed by atoms with E-state index in [0.29, 0.717) is 16.6 Å². The molecule has 3 rings (SSSR count). The van der Waals surface area contributed by atoms with E-state index < -0.39 is 12.1 Å². The first kappa shape index (κ1) is 15.2. The number of rotatable bonds is 4. The molecule has 0 aliphatic carbocycles. The number of pyridine rings is 1. The van der Waals surface area contributed by atoms with Crippen LogP contribution in [0.5, 0.6) is 0 Å². The quantitative estimate of drug-likeness (QED) is 0.536. The molecule has 0 N–H and O–H groups in total. The van der Waals surface area contributed by atoms with E-state index in [4.69, 9.17) is 20.8 Å². The fourth-order valence-electron chi connectivity index (χ4n) is 1.87. The summed E-state index contributed by atoms with van der Waals surface area (Å²) in [7, 11) is 0. The molecule has 0 spiro atoms. The fourth-order valence-corrected chi connectivity index (χ4v) is 1.98. The van der Waals surface area contributed by atoms with E-state index in [1.54, 1.807) is 6.92 Å². The lowest BCUT2D eigenvalue weighted by Gasteiger charge is -2.09. The highest BCUT2D eigenvalue weighted by atomic mass is 35.5. The maximum Gasteiger partial charge on any atom is 0.340 e. The number of halogens is 1. The smallest absolute Gasteiger partial charge is 0.340 e. The molecule has 1 atom stereocenters. The Labute approximate surface area is 137 Å².